The topological polar surface area (TPSA) is 207 Å². The van der Waals surface area contributed by atoms with Crippen LogP contribution in [-0.2, 0) is 38.3 Å². The van der Waals surface area contributed by atoms with E-state index in [-0.39, 0.29) is 47.5 Å². The zero-order valence-corrected chi connectivity index (χ0v) is 37.8. The molecule has 6 amide bonds. The highest BCUT2D eigenvalue weighted by molar-refractivity contribution is 6.26. The number of pyridine rings is 1. The Bertz CT molecular complexity index is 2770. The fourth-order valence-electron chi connectivity index (χ4n) is 8.49. The number of nitrogens with zero attached hydrogens (tertiary/aromatic N) is 6. The van der Waals surface area contributed by atoms with Crippen LogP contribution in [0.3, 0.4) is 0 Å². The lowest BCUT2D eigenvalue weighted by molar-refractivity contribution is -0.138. The summed E-state index contributed by atoms with van der Waals surface area (Å²) in [7, 11) is 0. The predicted octanol–water partition coefficient (Wildman–Crippen LogP) is 6.76. The quantitative estimate of drug-likeness (QED) is 0.0616. The van der Waals surface area contributed by atoms with Gasteiger partial charge in [-0.05, 0) is 105 Å². The maximum atomic E-state index is 13.3. The van der Waals surface area contributed by atoms with Gasteiger partial charge in [0.2, 0.25) is 23.6 Å². The second-order valence-electron chi connectivity index (χ2n) is 17.0. The number of alkyl halides is 3. The van der Waals surface area contributed by atoms with E-state index in [1.165, 1.54) is 18.2 Å². The number of fused-ring (bicyclic) bond motifs is 1. The normalized spacial score (nSPS) is 16.1. The molecule has 360 valence electrons. The molecule has 3 N–H and O–H groups in total. The van der Waals surface area contributed by atoms with E-state index in [9.17, 15) is 41.9 Å². The monoisotopic (exact) mass is 949 g/mol. The maximum absolute atomic E-state index is 13.3. The number of amides is 6. The largest absolute Gasteiger partial charge is 0.476 e. The van der Waals surface area contributed by atoms with E-state index in [4.69, 9.17) is 14.5 Å². The molecule has 0 radical (unpaired) electrons. The number of anilines is 3. The third-order valence-corrected chi connectivity index (χ3v) is 12.1. The van der Waals surface area contributed by atoms with Gasteiger partial charge in [0.25, 0.3) is 17.7 Å². The second-order valence-corrected chi connectivity index (χ2v) is 17.0. The number of halogens is 3. The molecule has 0 saturated carbocycles. The molecular weight excluding hydrogens is 900 g/mol. The molecule has 1 atom stereocenters. The van der Waals surface area contributed by atoms with Crippen molar-refractivity contribution >= 4 is 52.5 Å². The standard InChI is InChI=1S/C49H50F3N9O8/c1-30-15-16-34(54-44(64)31-9-7-10-33(25-31)49(50,51)52)27-37(30)32-26-40(59-20-23-68-24-21-59)46(53-28-32)69-22-6-4-11-35-29-60(58-57-35)19-5-2-3-14-41(62)55-38-13-8-12-36-43(38)48(67)61(47(36)66)39-17-18-42(63)56-45(39)65/h7-10,12-13,15-16,25-29,39H,2-6,11,14,17-24H2,1H3,(H,54,64)(H,55,62)(H,56,63,65). The van der Waals surface area contributed by atoms with Gasteiger partial charge in [0, 0.05) is 61.7 Å². The molecule has 1 unspecified atom stereocenters. The molecule has 5 heterocycles. The molecule has 0 spiro atoms. The highest BCUT2D eigenvalue weighted by Crippen LogP contribution is 2.36. The van der Waals surface area contributed by atoms with Crippen molar-refractivity contribution in [1.82, 2.24) is 30.2 Å². The summed E-state index contributed by atoms with van der Waals surface area (Å²) in [4.78, 5) is 84.1. The van der Waals surface area contributed by atoms with Crippen LogP contribution in [0.25, 0.3) is 11.1 Å². The van der Waals surface area contributed by atoms with Gasteiger partial charge < -0.3 is 25.0 Å². The van der Waals surface area contributed by atoms with Crippen molar-refractivity contribution in [2.75, 3.05) is 48.4 Å². The minimum Gasteiger partial charge on any atom is -0.476 e. The van der Waals surface area contributed by atoms with Gasteiger partial charge >= 0.3 is 6.18 Å². The van der Waals surface area contributed by atoms with Crippen molar-refractivity contribution < 1.29 is 51.4 Å². The smallest absolute Gasteiger partial charge is 0.416 e. The molecule has 8 rings (SSSR count). The number of aromatic nitrogens is 4. The van der Waals surface area contributed by atoms with E-state index < -0.39 is 47.3 Å². The Morgan fingerprint density at radius 1 is 0.899 bits per heavy atom. The molecule has 3 aliphatic heterocycles. The number of aryl methyl sites for hydroxylation is 3. The minimum absolute atomic E-state index is 0.00798. The summed E-state index contributed by atoms with van der Waals surface area (Å²) in [5.41, 5.74) is 3.84. The Morgan fingerprint density at radius 2 is 1.71 bits per heavy atom. The number of morpholine rings is 1. The van der Waals surface area contributed by atoms with Crippen molar-refractivity contribution in [3.63, 3.8) is 0 Å². The molecule has 17 nitrogen and oxygen atoms in total. The van der Waals surface area contributed by atoms with Crippen LogP contribution in [-0.4, -0.2) is 99.3 Å². The van der Waals surface area contributed by atoms with E-state index in [2.05, 4.69) is 31.2 Å². The lowest BCUT2D eigenvalue weighted by Crippen LogP contribution is -2.54. The lowest BCUT2D eigenvalue weighted by atomic mass is 10.0. The van der Waals surface area contributed by atoms with Crippen LogP contribution in [0.2, 0.25) is 0 Å². The molecule has 0 aliphatic carbocycles. The lowest BCUT2D eigenvalue weighted by Gasteiger charge is -2.30. The fourth-order valence-corrected chi connectivity index (χ4v) is 8.49. The molecule has 3 aromatic carbocycles. The number of unbranched alkanes of at least 4 members (excludes halogenated alkanes) is 3. The third kappa shape index (κ3) is 11.5. The van der Waals surface area contributed by atoms with E-state index in [1.807, 2.05) is 25.3 Å². The van der Waals surface area contributed by atoms with Crippen molar-refractivity contribution in [2.45, 2.75) is 83.5 Å². The first-order valence-electron chi connectivity index (χ1n) is 22.8. The minimum atomic E-state index is -4.57. The van der Waals surface area contributed by atoms with Crippen LogP contribution in [0.5, 0.6) is 5.88 Å². The molecule has 69 heavy (non-hydrogen) atoms. The first-order chi connectivity index (χ1) is 33.2. The summed E-state index contributed by atoms with van der Waals surface area (Å²) in [5.74, 6) is -3.00. The van der Waals surface area contributed by atoms with Gasteiger partial charge in [-0.3, -0.25) is 43.7 Å². The predicted molar refractivity (Wildman–Crippen MR) is 246 cm³/mol. The molecule has 2 aromatic heterocycles. The Hall–Kier alpha value is -7.48. The highest BCUT2D eigenvalue weighted by Gasteiger charge is 2.45. The second kappa shape index (κ2) is 21.2. The summed E-state index contributed by atoms with van der Waals surface area (Å²) < 4.78 is 53.5. The van der Waals surface area contributed by atoms with Crippen LogP contribution >= 0.6 is 0 Å². The van der Waals surface area contributed by atoms with Gasteiger partial charge in [-0.2, -0.15) is 13.2 Å². The first-order valence-corrected chi connectivity index (χ1v) is 22.8. The number of imide groups is 2. The van der Waals surface area contributed by atoms with Gasteiger partial charge in [0.1, 0.15) is 11.7 Å². The average molecular weight is 950 g/mol. The first kappa shape index (κ1) is 48.0. The van der Waals surface area contributed by atoms with Gasteiger partial charge in [-0.1, -0.05) is 29.8 Å². The summed E-state index contributed by atoms with van der Waals surface area (Å²) in [6, 6.07) is 15.1. The summed E-state index contributed by atoms with van der Waals surface area (Å²) in [6.45, 7) is 5.30. The molecule has 20 heteroatoms. The Morgan fingerprint density at radius 3 is 2.51 bits per heavy atom. The van der Waals surface area contributed by atoms with E-state index in [0.29, 0.717) is 63.9 Å². The van der Waals surface area contributed by atoms with Crippen LogP contribution < -0.4 is 25.6 Å². The Balaban J connectivity index is 0.782. The van der Waals surface area contributed by atoms with Gasteiger partial charge in [0.15, 0.2) is 0 Å². The van der Waals surface area contributed by atoms with Gasteiger partial charge in [0.05, 0.1) is 47.9 Å². The number of ether oxygens (including phenoxy) is 2. The zero-order valence-electron chi connectivity index (χ0n) is 37.8. The van der Waals surface area contributed by atoms with Crippen molar-refractivity contribution in [1.29, 1.82) is 0 Å². The fraction of sp³-hybridized carbons (Fsp3) is 0.367. The third-order valence-electron chi connectivity index (χ3n) is 12.1. The average Bonchev–Trinajstić information content (AvgIpc) is 3.90. The Kier molecular flexibility index (Phi) is 14.8. The summed E-state index contributed by atoms with van der Waals surface area (Å²) in [5, 5.41) is 16.2. The highest BCUT2D eigenvalue weighted by atomic mass is 19.4. The van der Waals surface area contributed by atoms with Crippen LogP contribution in [0.15, 0.2) is 79.1 Å². The number of piperidine rings is 1. The van der Waals surface area contributed by atoms with Gasteiger partial charge in [-0.15, -0.1) is 5.10 Å². The van der Waals surface area contributed by atoms with Crippen molar-refractivity contribution in [3.8, 4) is 17.0 Å². The maximum Gasteiger partial charge on any atom is 0.416 e. The van der Waals surface area contributed by atoms with E-state index >= 15 is 0 Å². The van der Waals surface area contributed by atoms with E-state index in [0.717, 1.165) is 70.8 Å². The van der Waals surface area contributed by atoms with Crippen molar-refractivity contribution in [3.05, 3.63) is 113 Å². The number of benzene rings is 3. The number of rotatable bonds is 18. The van der Waals surface area contributed by atoms with Crippen molar-refractivity contribution in [2.24, 2.45) is 0 Å². The molecule has 3 aliphatic rings. The number of hydrogen-bond donors (Lipinski definition) is 3. The molecular formula is C49H50F3N9O8. The molecule has 5 aromatic rings. The molecule has 2 fully saturated rings. The Labute approximate surface area is 394 Å². The SMILES string of the molecule is Cc1ccc(NC(=O)c2cccc(C(F)(F)F)c2)cc1-c1cnc(OCCCCc2cn(CCCCCC(=O)Nc3cccc4c3C(=O)N(C3CCC(=O)NC3=O)C4=O)nn2)c(N2CCOCC2)c1. The van der Waals surface area contributed by atoms with Crippen LogP contribution in [0.1, 0.15) is 99.3 Å². The number of carbonyl (C=O) groups is 6. The summed E-state index contributed by atoms with van der Waals surface area (Å²) in [6.07, 6.45) is 3.52. The van der Waals surface area contributed by atoms with Crippen LogP contribution in [0.4, 0.5) is 30.2 Å². The number of hydrogen-bond acceptors (Lipinski definition) is 12. The number of nitrogens with one attached hydrogen (secondary N) is 3. The van der Waals surface area contributed by atoms with E-state index in [1.54, 1.807) is 35.1 Å². The zero-order chi connectivity index (χ0) is 48.7. The summed E-state index contributed by atoms with van der Waals surface area (Å²) >= 11 is 0. The number of carbonyl (C=O) groups excluding carboxylic acids is 6. The van der Waals surface area contributed by atoms with Crippen LogP contribution in [0, 0.1) is 6.92 Å². The van der Waals surface area contributed by atoms with Gasteiger partial charge in [-0.25, -0.2) is 4.98 Å². The molecule has 0 bridgehead atoms. The molecule has 2 saturated heterocycles.